The van der Waals surface area contributed by atoms with Crippen LogP contribution in [0.5, 0.6) is 5.75 Å². The number of carbonyl (C=O) groups is 1. The smallest absolute Gasteiger partial charge is 0.321 e. The molecular formula is C27H34N4O2. The van der Waals surface area contributed by atoms with Crippen molar-refractivity contribution >= 4 is 6.03 Å². The second kappa shape index (κ2) is 8.53. The van der Waals surface area contributed by atoms with Crippen LogP contribution >= 0.6 is 0 Å². The lowest BCUT2D eigenvalue weighted by atomic mass is 9.61. The maximum Gasteiger partial charge on any atom is 0.321 e. The molecule has 0 aromatic heterocycles. The van der Waals surface area contributed by atoms with E-state index in [0.717, 1.165) is 43.3 Å². The van der Waals surface area contributed by atoms with Gasteiger partial charge >= 0.3 is 6.03 Å². The minimum Gasteiger partial charge on any atom is -0.497 e. The van der Waals surface area contributed by atoms with Crippen molar-refractivity contribution < 1.29 is 9.53 Å². The number of nitriles is 1. The predicted octanol–water partition coefficient (Wildman–Crippen LogP) is 3.99. The highest BCUT2D eigenvalue weighted by atomic mass is 16.5. The van der Waals surface area contributed by atoms with E-state index in [-0.39, 0.29) is 23.4 Å². The van der Waals surface area contributed by atoms with Gasteiger partial charge in [-0.2, -0.15) is 5.26 Å². The number of likely N-dealkylation sites (tertiary alicyclic amines) is 1. The first kappa shape index (κ1) is 22.0. The zero-order chi connectivity index (χ0) is 23.2. The highest BCUT2D eigenvalue weighted by Gasteiger charge is 2.53. The van der Waals surface area contributed by atoms with Gasteiger partial charge in [0.05, 0.1) is 25.1 Å². The molecule has 6 heteroatoms. The second-order valence-electron chi connectivity index (χ2n) is 10.4. The monoisotopic (exact) mass is 446 g/mol. The van der Waals surface area contributed by atoms with Gasteiger partial charge in [0.2, 0.25) is 0 Å². The largest absolute Gasteiger partial charge is 0.497 e. The first-order chi connectivity index (χ1) is 15.9. The molecule has 1 aromatic carbocycles. The Balaban J connectivity index is 1.44. The van der Waals surface area contributed by atoms with Crippen molar-refractivity contribution in [1.82, 2.24) is 15.1 Å². The zero-order valence-corrected chi connectivity index (χ0v) is 19.9. The molecule has 4 unspecified atom stereocenters. The number of amides is 2. The van der Waals surface area contributed by atoms with E-state index in [9.17, 15) is 4.79 Å². The summed E-state index contributed by atoms with van der Waals surface area (Å²) in [6.45, 7) is 4.54. The summed E-state index contributed by atoms with van der Waals surface area (Å²) in [7, 11) is 3.66. The molecule has 1 aromatic rings. The van der Waals surface area contributed by atoms with E-state index in [1.54, 1.807) is 7.11 Å². The van der Waals surface area contributed by atoms with E-state index < -0.39 is 0 Å². The van der Waals surface area contributed by atoms with Crippen LogP contribution in [-0.4, -0.2) is 55.2 Å². The van der Waals surface area contributed by atoms with Gasteiger partial charge in [-0.25, -0.2) is 4.79 Å². The number of likely N-dealkylation sites (N-methyl/N-ethyl adjacent to an activating group) is 1. The second-order valence-corrected chi connectivity index (χ2v) is 10.4. The molecule has 4 atom stereocenters. The number of benzene rings is 1. The number of hydrogen-bond donors (Lipinski definition) is 1. The molecule has 174 valence electrons. The number of fused-ring (bicyclic) bond motifs is 4. The number of rotatable bonds is 5. The van der Waals surface area contributed by atoms with Gasteiger partial charge < -0.3 is 15.0 Å². The minimum absolute atomic E-state index is 0.0737. The first-order valence-electron chi connectivity index (χ1n) is 12.2. The van der Waals surface area contributed by atoms with Gasteiger partial charge in [-0.1, -0.05) is 25.1 Å². The molecule has 2 amide bonds. The van der Waals surface area contributed by atoms with Gasteiger partial charge in [-0.3, -0.25) is 4.90 Å². The lowest BCUT2D eigenvalue weighted by Crippen LogP contribution is -2.68. The summed E-state index contributed by atoms with van der Waals surface area (Å²) in [6, 6.07) is 9.03. The average molecular weight is 447 g/mol. The highest BCUT2D eigenvalue weighted by molar-refractivity contribution is 5.77. The Kier molecular flexibility index (Phi) is 5.70. The maximum atomic E-state index is 13.4. The van der Waals surface area contributed by atoms with E-state index in [4.69, 9.17) is 10.00 Å². The Labute approximate surface area is 196 Å². The number of methoxy groups -OCH3 is 1. The van der Waals surface area contributed by atoms with Crippen LogP contribution in [0, 0.1) is 23.2 Å². The molecule has 1 N–H and O–H groups in total. The molecule has 6 nitrogen and oxygen atoms in total. The van der Waals surface area contributed by atoms with Crippen LogP contribution in [0.4, 0.5) is 4.79 Å². The molecule has 1 aliphatic heterocycles. The summed E-state index contributed by atoms with van der Waals surface area (Å²) in [5.74, 6) is 1.59. The van der Waals surface area contributed by atoms with Gasteiger partial charge in [0.25, 0.3) is 0 Å². The number of carbonyl (C=O) groups excluding carboxylic acids is 1. The summed E-state index contributed by atoms with van der Waals surface area (Å²) in [5, 5.41) is 12.2. The van der Waals surface area contributed by atoms with Gasteiger partial charge in [0.1, 0.15) is 5.75 Å². The third kappa shape index (κ3) is 4.04. The maximum absolute atomic E-state index is 13.4. The summed E-state index contributed by atoms with van der Waals surface area (Å²) >= 11 is 0. The number of nitrogens with zero attached hydrogens (tertiary/aromatic N) is 3. The van der Waals surface area contributed by atoms with Crippen molar-refractivity contribution in [2.75, 3.05) is 27.2 Å². The van der Waals surface area contributed by atoms with E-state index in [1.165, 1.54) is 24.0 Å². The normalized spacial score (nSPS) is 30.6. The van der Waals surface area contributed by atoms with Gasteiger partial charge in [-0.05, 0) is 73.9 Å². The van der Waals surface area contributed by atoms with E-state index in [0.29, 0.717) is 12.5 Å². The standard InChI is InChI=1S/C27H34N4O2/c1-27-12-13-31(17-19-4-5-19)24(14-20-8-11-22(33-3)15-23(20)27)25(27)30(2)26(32)29-21-9-6-18(16-28)7-10-21/h6,8-11,15,18-19,24-25H,4-5,7,12-14,17H2,1-3H3,(H,29,32). The summed E-state index contributed by atoms with van der Waals surface area (Å²) in [5.41, 5.74) is 3.35. The third-order valence-corrected chi connectivity index (χ3v) is 8.21. The SMILES string of the molecule is COc1ccc2c(c1)C1(C)CCN(CC3CC3)C(C2)C1N(C)C(=O)NC1=CCC(C#N)C=C1. The average Bonchev–Trinajstić information content (AvgIpc) is 3.65. The van der Waals surface area contributed by atoms with Crippen molar-refractivity contribution in [2.45, 2.75) is 56.5 Å². The molecule has 5 rings (SSSR count). The van der Waals surface area contributed by atoms with Crippen LogP contribution in [0.3, 0.4) is 0 Å². The number of urea groups is 1. The molecule has 1 heterocycles. The highest BCUT2D eigenvalue weighted by Crippen LogP contribution is 2.48. The van der Waals surface area contributed by atoms with Crippen LogP contribution < -0.4 is 10.1 Å². The van der Waals surface area contributed by atoms with Crippen molar-refractivity contribution in [2.24, 2.45) is 11.8 Å². The fourth-order valence-corrected chi connectivity index (χ4v) is 6.16. The van der Waals surface area contributed by atoms with Crippen molar-refractivity contribution in [3.05, 3.63) is 53.3 Å². The molecule has 1 saturated heterocycles. The first-order valence-corrected chi connectivity index (χ1v) is 12.2. The lowest BCUT2D eigenvalue weighted by molar-refractivity contribution is 0.00281. The molecule has 4 aliphatic rings. The molecule has 3 aliphatic carbocycles. The fourth-order valence-electron chi connectivity index (χ4n) is 6.16. The van der Waals surface area contributed by atoms with E-state index >= 15 is 0 Å². The number of nitrogens with one attached hydrogen (secondary N) is 1. The Morgan fingerprint density at radius 2 is 2.21 bits per heavy atom. The Hall–Kier alpha value is -2.78. The van der Waals surface area contributed by atoms with Crippen LogP contribution in [0.1, 0.15) is 43.7 Å². The van der Waals surface area contributed by atoms with Gasteiger partial charge in [-0.15, -0.1) is 0 Å². The number of hydrogen-bond acceptors (Lipinski definition) is 4. The molecule has 2 fully saturated rings. The Bertz CT molecular complexity index is 1040. The predicted molar refractivity (Wildman–Crippen MR) is 128 cm³/mol. The Morgan fingerprint density at radius 3 is 2.88 bits per heavy atom. The zero-order valence-electron chi connectivity index (χ0n) is 19.9. The van der Waals surface area contributed by atoms with E-state index in [1.807, 2.05) is 30.2 Å². The molecule has 0 spiro atoms. The molecule has 2 bridgehead atoms. The van der Waals surface area contributed by atoms with Crippen LogP contribution in [0.15, 0.2) is 42.1 Å². The van der Waals surface area contributed by atoms with Crippen molar-refractivity contribution in [1.29, 1.82) is 5.26 Å². The van der Waals surface area contributed by atoms with Gasteiger partial charge in [0.15, 0.2) is 0 Å². The summed E-state index contributed by atoms with van der Waals surface area (Å²) < 4.78 is 5.57. The number of piperidine rings is 1. The summed E-state index contributed by atoms with van der Waals surface area (Å²) in [6.07, 6.45) is 10.9. The molecular weight excluding hydrogens is 412 g/mol. The van der Waals surface area contributed by atoms with Gasteiger partial charge in [0, 0.05) is 30.7 Å². The quantitative estimate of drug-likeness (QED) is 0.743. The third-order valence-electron chi connectivity index (χ3n) is 8.21. The minimum atomic E-state index is -0.137. The fraction of sp³-hybridized carbons (Fsp3) is 0.556. The number of allylic oxidation sites excluding steroid dienone is 3. The molecule has 0 radical (unpaired) electrons. The lowest BCUT2D eigenvalue weighted by Gasteiger charge is -2.58. The Morgan fingerprint density at radius 1 is 1.39 bits per heavy atom. The van der Waals surface area contributed by atoms with Crippen molar-refractivity contribution in [3.63, 3.8) is 0 Å². The van der Waals surface area contributed by atoms with Crippen molar-refractivity contribution in [3.8, 4) is 11.8 Å². The summed E-state index contributed by atoms with van der Waals surface area (Å²) in [4.78, 5) is 18.0. The molecule has 1 saturated carbocycles. The van der Waals surface area contributed by atoms with Crippen LogP contribution in [-0.2, 0) is 11.8 Å². The van der Waals surface area contributed by atoms with Crippen LogP contribution in [0.25, 0.3) is 0 Å². The molecule has 33 heavy (non-hydrogen) atoms. The topological polar surface area (TPSA) is 68.6 Å². The van der Waals surface area contributed by atoms with Crippen LogP contribution in [0.2, 0.25) is 0 Å². The number of ether oxygens (including phenoxy) is 1. The van der Waals surface area contributed by atoms with E-state index in [2.05, 4.69) is 41.4 Å².